The van der Waals surface area contributed by atoms with Gasteiger partial charge in [-0.2, -0.15) is 0 Å². The lowest BCUT2D eigenvalue weighted by Crippen LogP contribution is -2.28. The van der Waals surface area contributed by atoms with Crippen molar-refractivity contribution in [2.24, 2.45) is 5.73 Å². The van der Waals surface area contributed by atoms with Crippen LogP contribution in [0.25, 0.3) is 0 Å². The molecular weight excluding hydrogens is 318 g/mol. The smallest absolute Gasteiger partial charge is 0.242 e. The molecule has 1 heterocycles. The van der Waals surface area contributed by atoms with Crippen LogP contribution in [0.4, 0.5) is 0 Å². The Bertz CT molecular complexity index is 684. The van der Waals surface area contributed by atoms with Crippen LogP contribution < -0.4 is 11.1 Å². The molecule has 3 N–H and O–H groups in total. The van der Waals surface area contributed by atoms with Crippen molar-refractivity contribution in [3.05, 3.63) is 47.8 Å². The van der Waals surface area contributed by atoms with Gasteiger partial charge in [0.05, 0.1) is 12.7 Å². The molecule has 0 fully saturated rings. The predicted molar refractivity (Wildman–Crippen MR) is 94.4 cm³/mol. The molecule has 1 atom stereocenters. The summed E-state index contributed by atoms with van der Waals surface area (Å²) >= 11 is 0. The van der Waals surface area contributed by atoms with Crippen molar-refractivity contribution < 1.29 is 9.59 Å². The van der Waals surface area contributed by atoms with E-state index < -0.39 is 11.9 Å². The minimum absolute atomic E-state index is 0.00117. The molecule has 0 unspecified atom stereocenters. The third-order valence-corrected chi connectivity index (χ3v) is 3.95. The standard InChI is InChI=1S/C18H25N5O2/c1-2-3-5-10-17(24)20-12-15-13-23(22-21-15)16(18(19)25)11-14-8-6-4-7-9-14/h4,6-9,13,16H,2-3,5,10-12H2,1H3,(H2,19,25)(H,20,24)/t16-/m0/s1. The van der Waals surface area contributed by atoms with Gasteiger partial charge in [-0.1, -0.05) is 55.3 Å². The summed E-state index contributed by atoms with van der Waals surface area (Å²) in [4.78, 5) is 23.5. The number of unbranched alkanes of at least 4 members (excludes halogenated alkanes) is 2. The number of carbonyl (C=O) groups excluding carboxylic acids is 2. The Balaban J connectivity index is 1.93. The maximum atomic E-state index is 11.8. The molecule has 0 saturated heterocycles. The topological polar surface area (TPSA) is 103 Å². The number of hydrogen-bond acceptors (Lipinski definition) is 4. The molecule has 25 heavy (non-hydrogen) atoms. The number of primary amides is 1. The summed E-state index contributed by atoms with van der Waals surface area (Å²) in [6, 6.07) is 9.00. The second-order valence-corrected chi connectivity index (χ2v) is 6.03. The fraction of sp³-hybridized carbons (Fsp3) is 0.444. The minimum Gasteiger partial charge on any atom is -0.368 e. The van der Waals surface area contributed by atoms with E-state index in [1.165, 1.54) is 4.68 Å². The Morgan fingerprint density at radius 1 is 1.24 bits per heavy atom. The minimum atomic E-state index is -0.607. The molecule has 0 bridgehead atoms. The van der Waals surface area contributed by atoms with Crippen molar-refractivity contribution in [1.82, 2.24) is 20.3 Å². The largest absolute Gasteiger partial charge is 0.368 e. The van der Waals surface area contributed by atoms with E-state index in [0.717, 1.165) is 24.8 Å². The van der Waals surface area contributed by atoms with E-state index in [4.69, 9.17) is 5.73 Å². The summed E-state index contributed by atoms with van der Waals surface area (Å²) in [6.45, 7) is 2.39. The number of nitrogens with one attached hydrogen (secondary N) is 1. The SMILES string of the molecule is CCCCCC(=O)NCc1cn([C@@H](Cc2ccccc2)C(N)=O)nn1. The highest BCUT2D eigenvalue weighted by Crippen LogP contribution is 2.13. The van der Waals surface area contributed by atoms with Gasteiger partial charge in [0.1, 0.15) is 11.7 Å². The number of benzene rings is 1. The highest BCUT2D eigenvalue weighted by molar-refractivity contribution is 5.78. The maximum absolute atomic E-state index is 11.8. The van der Waals surface area contributed by atoms with Gasteiger partial charge in [0, 0.05) is 12.8 Å². The average Bonchev–Trinajstić information content (AvgIpc) is 3.07. The molecule has 0 saturated carbocycles. The molecule has 134 valence electrons. The van der Waals surface area contributed by atoms with Crippen LogP contribution in [0.1, 0.15) is 49.9 Å². The van der Waals surface area contributed by atoms with Gasteiger partial charge in [0.25, 0.3) is 0 Å². The second-order valence-electron chi connectivity index (χ2n) is 6.03. The molecule has 7 heteroatoms. The van der Waals surface area contributed by atoms with E-state index in [-0.39, 0.29) is 5.91 Å². The van der Waals surface area contributed by atoms with E-state index in [1.54, 1.807) is 6.20 Å². The molecule has 1 aromatic carbocycles. The summed E-state index contributed by atoms with van der Waals surface area (Å²) in [5.41, 5.74) is 7.11. The third kappa shape index (κ3) is 6.02. The third-order valence-electron chi connectivity index (χ3n) is 3.95. The van der Waals surface area contributed by atoms with Crippen LogP contribution >= 0.6 is 0 Å². The Morgan fingerprint density at radius 2 is 2.00 bits per heavy atom. The number of nitrogens with zero attached hydrogens (tertiary/aromatic N) is 3. The normalized spacial score (nSPS) is 11.9. The maximum Gasteiger partial charge on any atom is 0.242 e. The molecule has 0 aliphatic heterocycles. The quantitative estimate of drug-likeness (QED) is 0.641. The molecule has 0 radical (unpaired) electrons. The van der Waals surface area contributed by atoms with Crippen LogP contribution in [0.3, 0.4) is 0 Å². The first kappa shape index (κ1) is 18.6. The van der Waals surface area contributed by atoms with Gasteiger partial charge in [-0.15, -0.1) is 5.10 Å². The van der Waals surface area contributed by atoms with Crippen molar-refractivity contribution in [3.63, 3.8) is 0 Å². The number of rotatable bonds is 10. The first-order valence-corrected chi connectivity index (χ1v) is 8.60. The molecule has 2 amide bonds. The lowest BCUT2D eigenvalue weighted by molar-refractivity contribution is -0.122. The van der Waals surface area contributed by atoms with E-state index in [2.05, 4.69) is 22.6 Å². The summed E-state index contributed by atoms with van der Waals surface area (Å²) in [5.74, 6) is -0.470. The Labute approximate surface area is 147 Å². The number of amides is 2. The van der Waals surface area contributed by atoms with Crippen molar-refractivity contribution in [2.45, 2.75) is 51.6 Å². The van der Waals surface area contributed by atoms with Crippen LogP contribution in [-0.4, -0.2) is 26.8 Å². The molecule has 0 aliphatic rings. The van der Waals surface area contributed by atoms with E-state index >= 15 is 0 Å². The first-order valence-electron chi connectivity index (χ1n) is 8.60. The molecule has 0 aliphatic carbocycles. The summed E-state index contributed by atoms with van der Waals surface area (Å²) < 4.78 is 1.47. The summed E-state index contributed by atoms with van der Waals surface area (Å²) in [7, 11) is 0. The average molecular weight is 343 g/mol. The molecule has 1 aromatic heterocycles. The fourth-order valence-electron chi connectivity index (χ4n) is 2.52. The van der Waals surface area contributed by atoms with Gasteiger partial charge in [-0.05, 0) is 12.0 Å². The monoisotopic (exact) mass is 343 g/mol. The molecule has 7 nitrogen and oxygen atoms in total. The zero-order valence-corrected chi connectivity index (χ0v) is 14.5. The zero-order chi connectivity index (χ0) is 18.1. The number of aromatic nitrogens is 3. The van der Waals surface area contributed by atoms with Gasteiger partial charge in [-0.25, -0.2) is 4.68 Å². The van der Waals surface area contributed by atoms with Gasteiger partial charge >= 0.3 is 0 Å². The van der Waals surface area contributed by atoms with Crippen LogP contribution in [0.2, 0.25) is 0 Å². The second kappa shape index (κ2) is 9.56. The van der Waals surface area contributed by atoms with Crippen LogP contribution in [-0.2, 0) is 22.6 Å². The number of nitrogens with two attached hydrogens (primary N) is 1. The number of hydrogen-bond donors (Lipinski definition) is 2. The van der Waals surface area contributed by atoms with Gasteiger partial charge in [0.2, 0.25) is 11.8 Å². The fourth-order valence-corrected chi connectivity index (χ4v) is 2.52. The molecule has 2 rings (SSSR count). The van der Waals surface area contributed by atoms with E-state index in [9.17, 15) is 9.59 Å². The Hall–Kier alpha value is -2.70. The van der Waals surface area contributed by atoms with Gasteiger partial charge in [0.15, 0.2) is 0 Å². The van der Waals surface area contributed by atoms with Crippen LogP contribution in [0, 0.1) is 0 Å². The van der Waals surface area contributed by atoms with Crippen molar-refractivity contribution in [3.8, 4) is 0 Å². The van der Waals surface area contributed by atoms with E-state index in [1.807, 2.05) is 30.3 Å². The Kier molecular flexibility index (Phi) is 7.13. The summed E-state index contributed by atoms with van der Waals surface area (Å²) in [5, 5.41) is 10.8. The lowest BCUT2D eigenvalue weighted by Gasteiger charge is -2.13. The summed E-state index contributed by atoms with van der Waals surface area (Å²) in [6.07, 6.45) is 5.63. The van der Waals surface area contributed by atoms with Gasteiger partial charge < -0.3 is 11.1 Å². The van der Waals surface area contributed by atoms with Crippen LogP contribution in [0.5, 0.6) is 0 Å². The Morgan fingerprint density at radius 3 is 2.68 bits per heavy atom. The molecular formula is C18H25N5O2. The van der Waals surface area contributed by atoms with E-state index in [0.29, 0.717) is 25.1 Å². The van der Waals surface area contributed by atoms with Crippen molar-refractivity contribution in [2.75, 3.05) is 0 Å². The number of carbonyl (C=O) groups is 2. The lowest BCUT2D eigenvalue weighted by atomic mass is 10.1. The highest BCUT2D eigenvalue weighted by Gasteiger charge is 2.20. The van der Waals surface area contributed by atoms with Crippen LogP contribution in [0.15, 0.2) is 36.5 Å². The predicted octanol–water partition coefficient (Wildman–Crippen LogP) is 1.74. The van der Waals surface area contributed by atoms with Gasteiger partial charge in [-0.3, -0.25) is 9.59 Å². The molecule has 0 spiro atoms. The zero-order valence-electron chi connectivity index (χ0n) is 14.5. The van der Waals surface area contributed by atoms with Crippen molar-refractivity contribution in [1.29, 1.82) is 0 Å². The highest BCUT2D eigenvalue weighted by atomic mass is 16.2. The first-order chi connectivity index (χ1) is 12.1. The van der Waals surface area contributed by atoms with Crippen molar-refractivity contribution >= 4 is 11.8 Å². The molecule has 2 aromatic rings.